The zero-order chi connectivity index (χ0) is 18.9. The van der Waals surface area contributed by atoms with Gasteiger partial charge >= 0.3 is 0 Å². The first-order valence-corrected chi connectivity index (χ1v) is 8.37. The van der Waals surface area contributed by atoms with Crippen LogP contribution in [-0.4, -0.2) is 31.1 Å². The van der Waals surface area contributed by atoms with Gasteiger partial charge in [0.15, 0.2) is 6.61 Å². The first-order chi connectivity index (χ1) is 12.5. The lowest BCUT2D eigenvalue weighted by Crippen LogP contribution is -2.29. The summed E-state index contributed by atoms with van der Waals surface area (Å²) >= 11 is 0. The molecule has 0 fully saturated rings. The van der Waals surface area contributed by atoms with Crippen molar-refractivity contribution in [2.75, 3.05) is 20.3 Å². The van der Waals surface area contributed by atoms with E-state index in [1.165, 1.54) is 18.2 Å². The lowest BCUT2D eigenvalue weighted by Gasteiger charge is -2.12. The third kappa shape index (κ3) is 5.20. The maximum absolute atomic E-state index is 11.8. The number of benzene rings is 2. The molecular formula is C19H22N2O5. The minimum atomic E-state index is -0.464. The smallest absolute Gasteiger partial charge is 0.270 e. The highest BCUT2D eigenvalue weighted by Crippen LogP contribution is 2.34. The standard InChI is InChI=1S/C19H22N2O5/c1-3-4-11-20-19(22)13-26-18-10-7-15(21(23)24)12-17(18)14-5-8-16(25-2)9-6-14/h5-10,12H,3-4,11,13H2,1-2H3,(H,20,22). The Bertz CT molecular complexity index is 759. The summed E-state index contributed by atoms with van der Waals surface area (Å²) in [7, 11) is 1.56. The normalized spacial score (nSPS) is 10.2. The molecule has 0 aliphatic rings. The Morgan fingerprint density at radius 2 is 1.92 bits per heavy atom. The van der Waals surface area contributed by atoms with Crippen molar-refractivity contribution in [3.63, 3.8) is 0 Å². The van der Waals surface area contributed by atoms with Crippen LogP contribution in [0.2, 0.25) is 0 Å². The van der Waals surface area contributed by atoms with Crippen LogP contribution in [-0.2, 0) is 4.79 Å². The van der Waals surface area contributed by atoms with Crippen molar-refractivity contribution < 1.29 is 19.2 Å². The van der Waals surface area contributed by atoms with Crippen molar-refractivity contribution in [2.24, 2.45) is 0 Å². The summed E-state index contributed by atoms with van der Waals surface area (Å²) < 4.78 is 10.7. The Morgan fingerprint density at radius 1 is 1.19 bits per heavy atom. The number of non-ortho nitro benzene ring substituents is 1. The van der Waals surface area contributed by atoms with Crippen LogP contribution in [0.4, 0.5) is 5.69 Å². The number of rotatable bonds is 9. The number of amides is 1. The van der Waals surface area contributed by atoms with Crippen LogP contribution in [0.15, 0.2) is 42.5 Å². The van der Waals surface area contributed by atoms with E-state index in [1.807, 2.05) is 6.92 Å². The highest BCUT2D eigenvalue weighted by atomic mass is 16.6. The molecule has 7 nitrogen and oxygen atoms in total. The molecule has 0 radical (unpaired) electrons. The van der Waals surface area contributed by atoms with E-state index in [0.717, 1.165) is 18.4 Å². The van der Waals surface area contributed by atoms with E-state index >= 15 is 0 Å². The molecular weight excluding hydrogens is 336 g/mol. The summed E-state index contributed by atoms with van der Waals surface area (Å²) in [5.41, 5.74) is 1.23. The molecule has 0 aliphatic carbocycles. The minimum absolute atomic E-state index is 0.0458. The molecule has 26 heavy (non-hydrogen) atoms. The number of nitrogens with one attached hydrogen (secondary N) is 1. The maximum atomic E-state index is 11.8. The van der Waals surface area contributed by atoms with Gasteiger partial charge in [0, 0.05) is 24.2 Å². The SMILES string of the molecule is CCCCNC(=O)COc1ccc([N+](=O)[O-])cc1-c1ccc(OC)cc1. The van der Waals surface area contributed by atoms with E-state index in [9.17, 15) is 14.9 Å². The molecule has 0 bridgehead atoms. The third-order valence-corrected chi connectivity index (χ3v) is 3.79. The van der Waals surface area contributed by atoms with Gasteiger partial charge in [0.25, 0.3) is 11.6 Å². The molecule has 0 unspecified atom stereocenters. The monoisotopic (exact) mass is 358 g/mol. The van der Waals surface area contributed by atoms with Gasteiger partial charge in [0.1, 0.15) is 11.5 Å². The van der Waals surface area contributed by atoms with Gasteiger partial charge in [0.05, 0.1) is 12.0 Å². The van der Waals surface area contributed by atoms with E-state index in [0.29, 0.717) is 23.6 Å². The Kier molecular flexibility index (Phi) is 6.96. The average Bonchev–Trinajstić information content (AvgIpc) is 2.66. The first kappa shape index (κ1) is 19.2. The predicted octanol–water partition coefficient (Wildman–Crippen LogP) is 3.57. The number of hydrogen-bond donors (Lipinski definition) is 1. The van der Waals surface area contributed by atoms with Crippen LogP contribution in [0.1, 0.15) is 19.8 Å². The van der Waals surface area contributed by atoms with Crippen molar-refractivity contribution in [1.82, 2.24) is 5.32 Å². The average molecular weight is 358 g/mol. The lowest BCUT2D eigenvalue weighted by atomic mass is 10.0. The molecule has 0 saturated carbocycles. The third-order valence-electron chi connectivity index (χ3n) is 3.79. The zero-order valence-electron chi connectivity index (χ0n) is 14.9. The largest absolute Gasteiger partial charge is 0.497 e. The van der Waals surface area contributed by atoms with Gasteiger partial charge in [0.2, 0.25) is 0 Å². The Hall–Kier alpha value is -3.09. The summed E-state index contributed by atoms with van der Waals surface area (Å²) in [6.07, 6.45) is 1.89. The molecule has 1 N–H and O–H groups in total. The van der Waals surface area contributed by atoms with Gasteiger partial charge in [-0.2, -0.15) is 0 Å². The molecule has 0 heterocycles. The first-order valence-electron chi connectivity index (χ1n) is 8.37. The molecule has 0 saturated heterocycles. The molecule has 1 amide bonds. The number of nitro benzene ring substituents is 1. The molecule has 2 rings (SSSR count). The number of ether oxygens (including phenoxy) is 2. The van der Waals surface area contributed by atoms with Gasteiger partial charge in [-0.25, -0.2) is 0 Å². The molecule has 138 valence electrons. The quantitative estimate of drug-likeness (QED) is 0.420. The summed E-state index contributed by atoms with van der Waals surface area (Å²) in [4.78, 5) is 22.5. The number of carbonyl (C=O) groups excluding carboxylic acids is 1. The maximum Gasteiger partial charge on any atom is 0.270 e. The lowest BCUT2D eigenvalue weighted by molar-refractivity contribution is -0.384. The van der Waals surface area contributed by atoms with Crippen LogP contribution >= 0.6 is 0 Å². The van der Waals surface area contributed by atoms with Crippen molar-refractivity contribution in [3.05, 3.63) is 52.6 Å². The van der Waals surface area contributed by atoms with Gasteiger partial charge in [-0.1, -0.05) is 25.5 Å². The van der Waals surface area contributed by atoms with E-state index in [-0.39, 0.29) is 18.2 Å². The molecule has 2 aromatic carbocycles. The number of carbonyl (C=O) groups is 1. The summed E-state index contributed by atoms with van der Waals surface area (Å²) in [6.45, 7) is 2.50. The molecule has 0 aliphatic heterocycles. The summed E-state index contributed by atoms with van der Waals surface area (Å²) in [5, 5.41) is 13.9. The Balaban J connectivity index is 2.21. The molecule has 0 atom stereocenters. The molecule has 2 aromatic rings. The van der Waals surface area contributed by atoms with E-state index in [1.54, 1.807) is 31.4 Å². The fraction of sp³-hybridized carbons (Fsp3) is 0.316. The molecule has 0 spiro atoms. The Morgan fingerprint density at radius 3 is 2.54 bits per heavy atom. The van der Waals surface area contributed by atoms with Crippen molar-refractivity contribution >= 4 is 11.6 Å². The number of hydrogen-bond acceptors (Lipinski definition) is 5. The van der Waals surface area contributed by atoms with Crippen molar-refractivity contribution in [2.45, 2.75) is 19.8 Å². The number of unbranched alkanes of at least 4 members (excludes halogenated alkanes) is 1. The van der Waals surface area contributed by atoms with Gasteiger partial charge in [-0.05, 0) is 30.2 Å². The fourth-order valence-electron chi connectivity index (χ4n) is 2.35. The topological polar surface area (TPSA) is 90.7 Å². The van der Waals surface area contributed by atoms with Crippen LogP contribution in [0.5, 0.6) is 11.5 Å². The second kappa shape index (κ2) is 9.41. The highest BCUT2D eigenvalue weighted by Gasteiger charge is 2.14. The number of nitrogens with zero attached hydrogens (tertiary/aromatic N) is 1. The summed E-state index contributed by atoms with van der Waals surface area (Å²) in [6, 6.07) is 11.4. The van der Waals surface area contributed by atoms with E-state index in [4.69, 9.17) is 9.47 Å². The van der Waals surface area contributed by atoms with Crippen molar-refractivity contribution in [3.8, 4) is 22.6 Å². The van der Waals surface area contributed by atoms with Crippen LogP contribution < -0.4 is 14.8 Å². The van der Waals surface area contributed by atoms with E-state index < -0.39 is 4.92 Å². The Labute approximate surface area is 152 Å². The molecule has 0 aromatic heterocycles. The predicted molar refractivity (Wildman–Crippen MR) is 98.5 cm³/mol. The van der Waals surface area contributed by atoms with Crippen LogP contribution in [0, 0.1) is 10.1 Å². The summed E-state index contributed by atoms with van der Waals surface area (Å²) in [5.74, 6) is 0.862. The highest BCUT2D eigenvalue weighted by molar-refractivity contribution is 5.78. The fourth-order valence-corrected chi connectivity index (χ4v) is 2.35. The second-order valence-electron chi connectivity index (χ2n) is 5.66. The van der Waals surface area contributed by atoms with Gasteiger partial charge < -0.3 is 14.8 Å². The van der Waals surface area contributed by atoms with E-state index in [2.05, 4.69) is 5.32 Å². The van der Waals surface area contributed by atoms with Crippen LogP contribution in [0.25, 0.3) is 11.1 Å². The van der Waals surface area contributed by atoms with Gasteiger partial charge in [-0.3, -0.25) is 14.9 Å². The van der Waals surface area contributed by atoms with Crippen LogP contribution in [0.3, 0.4) is 0 Å². The molecule has 7 heteroatoms. The minimum Gasteiger partial charge on any atom is -0.497 e. The number of nitro groups is 1. The second-order valence-corrected chi connectivity index (χ2v) is 5.66. The van der Waals surface area contributed by atoms with Gasteiger partial charge in [-0.15, -0.1) is 0 Å². The number of methoxy groups -OCH3 is 1. The zero-order valence-corrected chi connectivity index (χ0v) is 14.9. The van der Waals surface area contributed by atoms with Crippen molar-refractivity contribution in [1.29, 1.82) is 0 Å².